The van der Waals surface area contributed by atoms with E-state index in [1.54, 1.807) is 20.0 Å². The van der Waals surface area contributed by atoms with Crippen LogP contribution in [0, 0.1) is 29.1 Å². The molecule has 6 rings (SSSR count). The van der Waals surface area contributed by atoms with Gasteiger partial charge in [-0.3, -0.25) is 24.2 Å². The molecule has 0 unspecified atom stereocenters. The average Bonchev–Trinajstić information content (AvgIpc) is 3.68. The number of nitrogens with one attached hydrogen (secondary N) is 1. The van der Waals surface area contributed by atoms with Crippen LogP contribution in [0.4, 0.5) is 0 Å². The van der Waals surface area contributed by atoms with E-state index < -0.39 is 88.7 Å². The number of benzene rings is 1. The molecule has 57 heavy (non-hydrogen) atoms. The molecule has 4 fully saturated rings. The number of para-hydroxylation sites is 1. The average molecular weight is 792 g/mol. The second-order valence-electron chi connectivity index (χ2n) is 17.7. The third-order valence-electron chi connectivity index (χ3n) is 13.2. The molecule has 13 heteroatoms. The van der Waals surface area contributed by atoms with Gasteiger partial charge in [0.25, 0.3) is 0 Å². The van der Waals surface area contributed by atoms with Gasteiger partial charge in [0.15, 0.2) is 17.7 Å². The maximum atomic E-state index is 15.0. The number of cyclic esters (lactones) is 1. The van der Waals surface area contributed by atoms with E-state index in [-0.39, 0.29) is 43.9 Å². The molecule has 0 radical (unpaired) electrons. The summed E-state index contributed by atoms with van der Waals surface area (Å²) >= 11 is 0. The first-order valence-electron chi connectivity index (χ1n) is 20.4. The van der Waals surface area contributed by atoms with E-state index in [1.165, 1.54) is 6.92 Å². The lowest BCUT2D eigenvalue weighted by Crippen LogP contribution is -2.60. The SMILES string of the molecule is CC[C@H]1OC(=O)[C@H](C)C(=O)[C@H](C)[C@@H](O[C@@H]2O[C@H](C)C[C@H](N(C)C)[C@H]2O)[C@@](C)(OC/C=C/c2cnc3ccccc3c2)C[C@@H](C)C(=O)[C@]2(C)CN[C@H]3C(=O)O[C@@]1(C)[C@H]32. The zero-order valence-corrected chi connectivity index (χ0v) is 35.0. The Balaban J connectivity index is 1.42. The van der Waals surface area contributed by atoms with Crippen molar-refractivity contribution in [3.05, 3.63) is 48.2 Å². The molecule has 4 aliphatic heterocycles. The summed E-state index contributed by atoms with van der Waals surface area (Å²) in [4.78, 5) is 63.4. The predicted octanol–water partition coefficient (Wildman–Crippen LogP) is 4.52. The number of hydrogen-bond acceptors (Lipinski definition) is 13. The zero-order chi connectivity index (χ0) is 41.6. The molecular formula is C44H61N3O10. The number of likely N-dealkylation sites (N-methyl/N-ethyl adjacent to an activating group) is 1. The van der Waals surface area contributed by atoms with Gasteiger partial charge in [0.1, 0.15) is 30.0 Å². The third kappa shape index (κ3) is 8.08. The molecule has 14 atom stereocenters. The maximum absolute atomic E-state index is 15.0. The third-order valence-corrected chi connectivity index (χ3v) is 13.2. The minimum Gasteiger partial charge on any atom is -0.458 e. The van der Waals surface area contributed by atoms with Gasteiger partial charge in [0.2, 0.25) is 0 Å². The molecule has 4 aliphatic rings. The fourth-order valence-electron chi connectivity index (χ4n) is 10.2. The number of aromatic nitrogens is 1. The van der Waals surface area contributed by atoms with Crippen molar-refractivity contribution in [2.24, 2.45) is 29.1 Å². The lowest BCUT2D eigenvalue weighted by Gasteiger charge is -2.48. The predicted molar refractivity (Wildman–Crippen MR) is 213 cm³/mol. The summed E-state index contributed by atoms with van der Waals surface area (Å²) in [5.41, 5.74) is -2.05. The highest BCUT2D eigenvalue weighted by atomic mass is 16.7. The Hall–Kier alpha value is -3.59. The van der Waals surface area contributed by atoms with E-state index in [0.29, 0.717) is 6.42 Å². The molecule has 0 bridgehead atoms. The number of aliphatic hydroxyl groups is 1. The standard InChI is InChI=1S/C44H61N3O10/c1-11-32-44(8)36-33(40(52)57-44)46-23-42(36,6)37(50)24(2)21-43(7,53-18-14-15-28-20-29-16-12-13-17-30(29)45-22-28)38(26(4)34(48)27(5)39(51)55-32)56-41-35(49)31(47(9)10)19-25(3)54-41/h12-17,20,22,24-27,31-33,35-36,38,41,46,49H,11,18-19,21,23H2,1-10H3/b15-14+/t24-,25-,26+,27-,31+,32-,33-,35-,36-,38-,41+,42-,43+,44-/m1/s1. The Kier molecular flexibility index (Phi) is 12.5. The largest absolute Gasteiger partial charge is 0.458 e. The second-order valence-corrected chi connectivity index (χ2v) is 17.7. The van der Waals surface area contributed by atoms with E-state index in [2.05, 4.69) is 10.3 Å². The molecule has 0 saturated carbocycles. The topological polar surface area (TPSA) is 163 Å². The smallest absolute Gasteiger partial charge is 0.324 e. The molecular weight excluding hydrogens is 730 g/mol. The minimum atomic E-state index is -1.36. The van der Waals surface area contributed by atoms with Crippen LogP contribution in [0.3, 0.4) is 0 Å². The number of carbonyl (C=O) groups excluding carboxylic acids is 4. The van der Waals surface area contributed by atoms with Gasteiger partial charge in [-0.1, -0.05) is 58.0 Å². The van der Waals surface area contributed by atoms with Crippen LogP contribution in [-0.2, 0) is 42.9 Å². The molecule has 0 amide bonds. The van der Waals surface area contributed by atoms with Crippen molar-refractivity contribution in [2.75, 3.05) is 27.2 Å². The summed E-state index contributed by atoms with van der Waals surface area (Å²) in [6, 6.07) is 8.78. The van der Waals surface area contributed by atoms with Crippen LogP contribution in [0.5, 0.6) is 0 Å². The van der Waals surface area contributed by atoms with Crippen LogP contribution in [0.25, 0.3) is 17.0 Å². The van der Waals surface area contributed by atoms with E-state index in [1.807, 2.05) is 96.1 Å². The van der Waals surface area contributed by atoms with Crippen LogP contribution in [-0.4, -0.2) is 120 Å². The Bertz CT molecular complexity index is 1870. The second kappa shape index (κ2) is 16.6. The first-order chi connectivity index (χ1) is 26.8. The van der Waals surface area contributed by atoms with Crippen LogP contribution in [0.15, 0.2) is 42.6 Å². The minimum absolute atomic E-state index is 0.0650. The fraction of sp³-hybridized carbons (Fsp3) is 0.659. The first kappa shape index (κ1) is 43.0. The van der Waals surface area contributed by atoms with Crippen molar-refractivity contribution >= 4 is 40.5 Å². The molecule has 4 saturated heterocycles. The number of aliphatic hydroxyl groups excluding tert-OH is 1. The van der Waals surface area contributed by atoms with Crippen LogP contribution < -0.4 is 5.32 Å². The summed E-state index contributed by atoms with van der Waals surface area (Å²) in [5.74, 6) is -5.43. The summed E-state index contributed by atoms with van der Waals surface area (Å²) in [7, 11) is 3.75. The van der Waals surface area contributed by atoms with Crippen molar-refractivity contribution in [3.8, 4) is 0 Å². The summed E-state index contributed by atoms with van der Waals surface area (Å²) in [6.45, 7) is 14.4. The van der Waals surface area contributed by atoms with E-state index >= 15 is 0 Å². The van der Waals surface area contributed by atoms with Gasteiger partial charge in [-0.15, -0.1) is 0 Å². The van der Waals surface area contributed by atoms with Crippen molar-refractivity contribution in [1.82, 2.24) is 15.2 Å². The van der Waals surface area contributed by atoms with Gasteiger partial charge >= 0.3 is 11.9 Å². The molecule has 1 aromatic carbocycles. The molecule has 13 nitrogen and oxygen atoms in total. The quantitative estimate of drug-likeness (QED) is 0.284. The summed E-state index contributed by atoms with van der Waals surface area (Å²) in [5, 5.41) is 15.9. The Morgan fingerprint density at radius 1 is 1.05 bits per heavy atom. The van der Waals surface area contributed by atoms with Gasteiger partial charge in [0, 0.05) is 47.3 Å². The molecule has 0 spiro atoms. The number of fused-ring (bicyclic) bond motifs is 1. The normalized spacial score (nSPS) is 40.7. The fourth-order valence-corrected chi connectivity index (χ4v) is 10.2. The highest BCUT2D eigenvalue weighted by Gasteiger charge is 2.69. The lowest BCUT2D eigenvalue weighted by atomic mass is 9.62. The van der Waals surface area contributed by atoms with Crippen molar-refractivity contribution in [1.29, 1.82) is 0 Å². The molecule has 2 N–H and O–H groups in total. The van der Waals surface area contributed by atoms with Crippen molar-refractivity contribution < 1.29 is 48.0 Å². The Morgan fingerprint density at radius 2 is 1.77 bits per heavy atom. The number of ether oxygens (including phenoxy) is 5. The van der Waals surface area contributed by atoms with Gasteiger partial charge < -0.3 is 39.0 Å². The monoisotopic (exact) mass is 791 g/mol. The van der Waals surface area contributed by atoms with Crippen LogP contribution in [0.2, 0.25) is 0 Å². The van der Waals surface area contributed by atoms with Gasteiger partial charge in [-0.25, -0.2) is 0 Å². The zero-order valence-electron chi connectivity index (χ0n) is 35.0. The number of hydrogen-bond donors (Lipinski definition) is 2. The number of pyridine rings is 1. The summed E-state index contributed by atoms with van der Waals surface area (Å²) in [6.07, 6.45) is 1.93. The van der Waals surface area contributed by atoms with E-state index in [4.69, 9.17) is 23.7 Å². The molecule has 0 aliphatic carbocycles. The lowest BCUT2D eigenvalue weighted by molar-refractivity contribution is -0.296. The Morgan fingerprint density at radius 3 is 2.47 bits per heavy atom. The van der Waals surface area contributed by atoms with Crippen LogP contribution in [0.1, 0.15) is 80.2 Å². The molecule has 2 aromatic rings. The summed E-state index contributed by atoms with van der Waals surface area (Å²) < 4.78 is 32.0. The number of carbonyl (C=O) groups is 4. The Labute approximate surface area is 336 Å². The number of Topliss-reactive ketones (excluding diaryl/α,β-unsaturated/α-hetero) is 2. The van der Waals surface area contributed by atoms with E-state index in [9.17, 15) is 24.3 Å². The van der Waals surface area contributed by atoms with Crippen LogP contribution >= 0.6 is 0 Å². The van der Waals surface area contributed by atoms with Gasteiger partial charge in [0.05, 0.1) is 29.9 Å². The highest BCUT2D eigenvalue weighted by Crippen LogP contribution is 2.53. The van der Waals surface area contributed by atoms with Crippen molar-refractivity contribution in [3.63, 3.8) is 0 Å². The molecule has 1 aromatic heterocycles. The molecule has 5 heterocycles. The number of esters is 2. The first-order valence-corrected chi connectivity index (χ1v) is 20.4. The number of rotatable bonds is 8. The highest BCUT2D eigenvalue weighted by molar-refractivity contribution is 6.00. The number of ketones is 2. The number of nitrogens with zero attached hydrogens (tertiary/aromatic N) is 2. The van der Waals surface area contributed by atoms with Crippen molar-refractivity contribution in [2.45, 2.75) is 129 Å². The van der Waals surface area contributed by atoms with Gasteiger partial charge in [-0.05, 0) is 78.7 Å². The van der Waals surface area contributed by atoms with Gasteiger partial charge in [-0.2, -0.15) is 0 Å². The molecule has 312 valence electrons. The maximum Gasteiger partial charge on any atom is 0.324 e. The van der Waals surface area contributed by atoms with E-state index in [0.717, 1.165) is 16.5 Å².